The first-order valence-electron chi connectivity index (χ1n) is 10.9. The Hall–Kier alpha value is -2.59. The minimum atomic E-state index is -3.54. The van der Waals surface area contributed by atoms with E-state index in [0.29, 0.717) is 42.4 Å². The Kier molecular flexibility index (Phi) is 6.94. The van der Waals surface area contributed by atoms with Crippen molar-refractivity contribution in [3.8, 4) is 10.6 Å². The zero-order valence-corrected chi connectivity index (χ0v) is 20.7. The second-order valence-corrected chi connectivity index (χ2v) is 11.1. The minimum absolute atomic E-state index is 0.233. The SMILES string of the molecule is CCc1ccc(-c2nc(C)c(C(=O)Nc3ccc(S(=O)(=O)N4CCN(C)CC4)cc3)s2)cc1. The molecule has 2 aromatic carbocycles. The molecule has 0 saturated carbocycles. The van der Waals surface area contributed by atoms with Crippen LogP contribution in [0.1, 0.15) is 27.9 Å². The number of aromatic nitrogens is 1. The number of nitrogens with zero attached hydrogens (tertiary/aromatic N) is 3. The van der Waals surface area contributed by atoms with Crippen molar-refractivity contribution in [3.63, 3.8) is 0 Å². The average Bonchev–Trinajstić information content (AvgIpc) is 3.21. The highest BCUT2D eigenvalue weighted by molar-refractivity contribution is 7.89. The van der Waals surface area contributed by atoms with Crippen LogP contribution in [0.4, 0.5) is 5.69 Å². The lowest BCUT2D eigenvalue weighted by atomic mass is 10.1. The molecule has 0 bridgehead atoms. The van der Waals surface area contributed by atoms with Crippen molar-refractivity contribution < 1.29 is 13.2 Å². The molecular formula is C24H28N4O3S2. The number of hydrogen-bond acceptors (Lipinski definition) is 6. The molecule has 0 spiro atoms. The van der Waals surface area contributed by atoms with Gasteiger partial charge in [0.15, 0.2) is 0 Å². The number of amides is 1. The van der Waals surface area contributed by atoms with Crippen LogP contribution in [0.25, 0.3) is 10.6 Å². The third-order valence-electron chi connectivity index (χ3n) is 5.82. The van der Waals surface area contributed by atoms with Gasteiger partial charge in [0, 0.05) is 37.4 Å². The van der Waals surface area contributed by atoms with Crippen molar-refractivity contribution in [2.24, 2.45) is 0 Å². The van der Waals surface area contributed by atoms with E-state index in [1.165, 1.54) is 21.2 Å². The van der Waals surface area contributed by atoms with Crippen LogP contribution < -0.4 is 5.32 Å². The highest BCUT2D eigenvalue weighted by Gasteiger charge is 2.27. The van der Waals surface area contributed by atoms with Gasteiger partial charge in [-0.1, -0.05) is 31.2 Å². The van der Waals surface area contributed by atoms with Crippen LogP contribution in [0.3, 0.4) is 0 Å². The van der Waals surface area contributed by atoms with Crippen molar-refractivity contribution in [3.05, 3.63) is 64.7 Å². The summed E-state index contributed by atoms with van der Waals surface area (Å²) in [5.41, 5.74) is 3.45. The zero-order valence-electron chi connectivity index (χ0n) is 19.0. The summed E-state index contributed by atoms with van der Waals surface area (Å²) < 4.78 is 27.3. The van der Waals surface area contributed by atoms with Crippen LogP contribution in [-0.4, -0.2) is 61.7 Å². The molecular weight excluding hydrogens is 456 g/mol. The molecule has 1 N–H and O–H groups in total. The number of thiazole rings is 1. The van der Waals surface area contributed by atoms with Gasteiger partial charge in [-0.2, -0.15) is 4.31 Å². The van der Waals surface area contributed by atoms with E-state index < -0.39 is 10.0 Å². The van der Waals surface area contributed by atoms with Crippen molar-refractivity contribution in [1.82, 2.24) is 14.2 Å². The molecule has 0 unspecified atom stereocenters. The number of piperazine rings is 1. The van der Waals surface area contributed by atoms with Crippen molar-refractivity contribution in [1.29, 1.82) is 0 Å². The molecule has 1 saturated heterocycles. The van der Waals surface area contributed by atoms with Gasteiger partial charge in [-0.3, -0.25) is 4.79 Å². The van der Waals surface area contributed by atoms with E-state index in [1.807, 2.05) is 26.1 Å². The number of rotatable bonds is 6. The van der Waals surface area contributed by atoms with E-state index >= 15 is 0 Å². The Morgan fingerprint density at radius 2 is 1.67 bits per heavy atom. The predicted octanol–water partition coefficient (Wildman–Crippen LogP) is 3.87. The first kappa shape index (κ1) is 23.6. The summed E-state index contributed by atoms with van der Waals surface area (Å²) >= 11 is 1.35. The molecule has 4 rings (SSSR count). The summed E-state index contributed by atoms with van der Waals surface area (Å²) in [5.74, 6) is -0.254. The minimum Gasteiger partial charge on any atom is -0.321 e. The number of sulfonamides is 1. The Morgan fingerprint density at radius 1 is 1.03 bits per heavy atom. The molecule has 1 fully saturated rings. The van der Waals surface area contributed by atoms with Crippen LogP contribution in [0, 0.1) is 6.92 Å². The van der Waals surface area contributed by atoms with Gasteiger partial charge in [0.2, 0.25) is 10.0 Å². The van der Waals surface area contributed by atoms with Gasteiger partial charge < -0.3 is 10.2 Å². The van der Waals surface area contributed by atoms with Gasteiger partial charge in [-0.25, -0.2) is 13.4 Å². The normalized spacial score (nSPS) is 15.5. The van der Waals surface area contributed by atoms with Crippen LogP contribution in [0.2, 0.25) is 0 Å². The van der Waals surface area contributed by atoms with E-state index in [0.717, 1.165) is 17.0 Å². The fourth-order valence-corrected chi connectivity index (χ4v) is 6.08. The molecule has 3 aromatic rings. The van der Waals surface area contributed by atoms with Crippen molar-refractivity contribution in [2.75, 3.05) is 38.5 Å². The summed E-state index contributed by atoms with van der Waals surface area (Å²) in [6.07, 6.45) is 0.973. The molecule has 0 atom stereocenters. The first-order chi connectivity index (χ1) is 15.8. The molecule has 9 heteroatoms. The second kappa shape index (κ2) is 9.72. The number of likely N-dealkylation sites (N-methyl/N-ethyl adjacent to an activating group) is 1. The molecule has 174 valence electrons. The fourth-order valence-electron chi connectivity index (χ4n) is 3.69. The van der Waals surface area contributed by atoms with Crippen molar-refractivity contribution in [2.45, 2.75) is 25.2 Å². The van der Waals surface area contributed by atoms with Crippen LogP contribution in [-0.2, 0) is 16.4 Å². The lowest BCUT2D eigenvalue weighted by molar-refractivity contribution is 0.103. The lowest BCUT2D eigenvalue weighted by Crippen LogP contribution is -2.46. The molecule has 7 nitrogen and oxygen atoms in total. The molecule has 0 radical (unpaired) electrons. The van der Waals surface area contributed by atoms with E-state index in [2.05, 4.69) is 34.3 Å². The van der Waals surface area contributed by atoms with E-state index in [-0.39, 0.29) is 10.8 Å². The Labute approximate surface area is 199 Å². The highest BCUT2D eigenvalue weighted by Crippen LogP contribution is 2.29. The number of anilines is 1. The molecule has 1 aromatic heterocycles. The maximum atomic E-state index is 12.9. The number of carbonyl (C=O) groups excluding carboxylic acids is 1. The van der Waals surface area contributed by atoms with Gasteiger partial charge >= 0.3 is 0 Å². The average molecular weight is 485 g/mol. The Morgan fingerprint density at radius 3 is 2.27 bits per heavy atom. The molecule has 2 heterocycles. The van der Waals surface area contributed by atoms with E-state index in [4.69, 9.17) is 0 Å². The molecule has 1 aliphatic heterocycles. The highest BCUT2D eigenvalue weighted by atomic mass is 32.2. The van der Waals surface area contributed by atoms with Crippen molar-refractivity contribution >= 4 is 33.0 Å². The largest absolute Gasteiger partial charge is 0.321 e. The number of carbonyl (C=O) groups is 1. The monoisotopic (exact) mass is 484 g/mol. The van der Waals surface area contributed by atoms with Crippen LogP contribution >= 0.6 is 11.3 Å². The van der Waals surface area contributed by atoms with Gasteiger partial charge in [-0.15, -0.1) is 11.3 Å². The molecule has 33 heavy (non-hydrogen) atoms. The summed E-state index contributed by atoms with van der Waals surface area (Å²) in [7, 11) is -1.55. The fraction of sp³-hybridized carbons (Fsp3) is 0.333. The van der Waals surface area contributed by atoms with Crippen LogP contribution in [0.15, 0.2) is 53.4 Å². The lowest BCUT2D eigenvalue weighted by Gasteiger charge is -2.31. The smallest absolute Gasteiger partial charge is 0.267 e. The number of nitrogens with one attached hydrogen (secondary N) is 1. The Bertz CT molecular complexity index is 1230. The predicted molar refractivity (Wildman–Crippen MR) is 132 cm³/mol. The zero-order chi connectivity index (χ0) is 23.6. The number of hydrogen-bond donors (Lipinski definition) is 1. The maximum Gasteiger partial charge on any atom is 0.267 e. The first-order valence-corrected chi connectivity index (χ1v) is 13.2. The molecule has 1 aliphatic rings. The second-order valence-electron chi connectivity index (χ2n) is 8.17. The summed E-state index contributed by atoms with van der Waals surface area (Å²) in [4.78, 5) is 20.3. The Balaban J connectivity index is 1.46. The van der Waals surface area contributed by atoms with Gasteiger partial charge in [-0.05, 0) is 50.2 Å². The topological polar surface area (TPSA) is 82.6 Å². The quantitative estimate of drug-likeness (QED) is 0.574. The van der Waals surface area contributed by atoms with Gasteiger partial charge in [0.25, 0.3) is 5.91 Å². The molecule has 1 amide bonds. The summed E-state index contributed by atoms with van der Waals surface area (Å²) in [6, 6.07) is 14.5. The third-order valence-corrected chi connectivity index (χ3v) is 8.94. The maximum absolute atomic E-state index is 12.9. The summed E-state index contributed by atoms with van der Waals surface area (Å²) in [6.45, 7) is 6.32. The van der Waals surface area contributed by atoms with Crippen LogP contribution in [0.5, 0.6) is 0 Å². The van der Waals surface area contributed by atoms with Gasteiger partial charge in [0.1, 0.15) is 9.88 Å². The summed E-state index contributed by atoms with van der Waals surface area (Å²) in [5, 5.41) is 3.66. The van der Waals surface area contributed by atoms with Gasteiger partial charge in [0.05, 0.1) is 10.6 Å². The number of benzene rings is 2. The van der Waals surface area contributed by atoms with E-state index in [1.54, 1.807) is 24.3 Å². The van der Waals surface area contributed by atoms with E-state index in [9.17, 15) is 13.2 Å². The number of aryl methyl sites for hydroxylation is 2. The molecule has 0 aliphatic carbocycles. The standard InChI is InChI=1S/C24H28N4O3S2/c1-4-18-5-7-19(8-6-18)24-25-17(2)22(32-24)23(29)26-20-9-11-21(12-10-20)33(30,31)28-15-13-27(3)14-16-28/h5-12H,4,13-16H2,1-3H3,(H,26,29). The third kappa shape index (κ3) is 5.16.